The van der Waals surface area contributed by atoms with Crippen LogP contribution in [0, 0.1) is 0 Å². The normalized spacial score (nSPS) is 11.0. The molecule has 0 unspecified atom stereocenters. The van der Waals surface area contributed by atoms with Gasteiger partial charge in [-0.05, 0) is 24.6 Å². The van der Waals surface area contributed by atoms with Crippen LogP contribution < -0.4 is 5.32 Å². The van der Waals surface area contributed by atoms with Crippen LogP contribution >= 0.6 is 0 Å². The Labute approximate surface area is 138 Å². The van der Waals surface area contributed by atoms with Gasteiger partial charge >= 0.3 is 0 Å². The molecule has 0 bridgehead atoms. The third-order valence-corrected chi connectivity index (χ3v) is 3.65. The van der Waals surface area contributed by atoms with Crippen LogP contribution in [-0.4, -0.2) is 41.1 Å². The van der Waals surface area contributed by atoms with Crippen LogP contribution in [0.2, 0.25) is 0 Å². The molecule has 0 saturated heterocycles. The zero-order valence-corrected chi connectivity index (χ0v) is 12.9. The second kappa shape index (κ2) is 6.45. The number of nitrogens with one attached hydrogen (secondary N) is 1. The maximum absolute atomic E-state index is 4.39. The van der Waals surface area contributed by atoms with Crippen LogP contribution in [0.3, 0.4) is 0 Å². The number of aromatic nitrogens is 7. The van der Waals surface area contributed by atoms with E-state index >= 15 is 0 Å². The predicted octanol–water partition coefficient (Wildman–Crippen LogP) is 1.91. The minimum absolute atomic E-state index is 0.732. The SMILES string of the molecule is c1ccc(-n2ncc3c(NCCCn4cccn4)ncnc32)nc1. The fourth-order valence-electron chi connectivity index (χ4n) is 2.51. The van der Waals surface area contributed by atoms with E-state index in [1.54, 1.807) is 29.6 Å². The van der Waals surface area contributed by atoms with E-state index in [0.717, 1.165) is 42.2 Å². The summed E-state index contributed by atoms with van der Waals surface area (Å²) in [5, 5.41) is 12.8. The van der Waals surface area contributed by atoms with Crippen LogP contribution in [0.1, 0.15) is 6.42 Å². The van der Waals surface area contributed by atoms with Crippen molar-refractivity contribution in [3.05, 3.63) is 55.4 Å². The third-order valence-electron chi connectivity index (χ3n) is 3.65. The Morgan fingerprint density at radius 3 is 2.83 bits per heavy atom. The van der Waals surface area contributed by atoms with E-state index < -0.39 is 0 Å². The minimum atomic E-state index is 0.732. The molecule has 0 atom stereocenters. The summed E-state index contributed by atoms with van der Waals surface area (Å²) >= 11 is 0. The van der Waals surface area contributed by atoms with E-state index in [1.807, 2.05) is 35.1 Å². The van der Waals surface area contributed by atoms with E-state index in [1.165, 1.54) is 0 Å². The zero-order chi connectivity index (χ0) is 16.2. The largest absolute Gasteiger partial charge is 0.369 e. The minimum Gasteiger partial charge on any atom is -0.369 e. The highest BCUT2D eigenvalue weighted by Crippen LogP contribution is 2.20. The average Bonchev–Trinajstić information content (AvgIpc) is 3.29. The molecule has 0 aromatic carbocycles. The Balaban J connectivity index is 1.51. The van der Waals surface area contributed by atoms with Gasteiger partial charge in [0.2, 0.25) is 0 Å². The molecule has 0 amide bonds. The first-order chi connectivity index (χ1) is 11.9. The van der Waals surface area contributed by atoms with Gasteiger partial charge in [-0.3, -0.25) is 4.68 Å². The van der Waals surface area contributed by atoms with Crippen LogP contribution in [-0.2, 0) is 6.54 Å². The number of rotatable bonds is 6. The Morgan fingerprint density at radius 2 is 2.00 bits per heavy atom. The maximum Gasteiger partial charge on any atom is 0.170 e. The number of aryl methyl sites for hydroxylation is 1. The molecule has 0 fully saturated rings. The van der Waals surface area contributed by atoms with Gasteiger partial charge in [-0.2, -0.15) is 14.9 Å². The summed E-state index contributed by atoms with van der Waals surface area (Å²) in [4.78, 5) is 13.0. The predicted molar refractivity (Wildman–Crippen MR) is 89.8 cm³/mol. The molecule has 0 aliphatic rings. The fraction of sp³-hybridized carbons (Fsp3) is 0.188. The molecule has 4 aromatic rings. The number of fused-ring (bicyclic) bond motifs is 1. The molecule has 8 heteroatoms. The lowest BCUT2D eigenvalue weighted by molar-refractivity contribution is 0.591. The summed E-state index contributed by atoms with van der Waals surface area (Å²) in [7, 11) is 0. The molecule has 24 heavy (non-hydrogen) atoms. The number of hydrogen-bond donors (Lipinski definition) is 1. The van der Waals surface area contributed by atoms with Gasteiger partial charge in [-0.15, -0.1) is 0 Å². The quantitative estimate of drug-likeness (QED) is 0.546. The van der Waals surface area contributed by atoms with E-state index in [-0.39, 0.29) is 0 Å². The van der Waals surface area contributed by atoms with E-state index in [2.05, 4.69) is 30.5 Å². The maximum atomic E-state index is 4.39. The van der Waals surface area contributed by atoms with Gasteiger partial charge < -0.3 is 5.32 Å². The lowest BCUT2D eigenvalue weighted by Crippen LogP contribution is -2.08. The number of nitrogens with zero attached hydrogens (tertiary/aromatic N) is 7. The molecule has 4 heterocycles. The molecule has 0 saturated carbocycles. The summed E-state index contributed by atoms with van der Waals surface area (Å²) in [6.07, 6.45) is 9.73. The van der Waals surface area contributed by atoms with Crippen LogP contribution in [0.15, 0.2) is 55.4 Å². The Hall–Kier alpha value is -3.29. The smallest absolute Gasteiger partial charge is 0.170 e. The van der Waals surface area contributed by atoms with Crippen molar-refractivity contribution < 1.29 is 0 Å². The monoisotopic (exact) mass is 320 g/mol. The summed E-state index contributed by atoms with van der Waals surface area (Å²) in [6.45, 7) is 1.65. The third kappa shape index (κ3) is 2.81. The number of pyridine rings is 1. The fourth-order valence-corrected chi connectivity index (χ4v) is 2.51. The topological polar surface area (TPSA) is 86.3 Å². The second-order valence-electron chi connectivity index (χ2n) is 5.25. The Kier molecular flexibility index (Phi) is 3.85. The van der Waals surface area contributed by atoms with Crippen molar-refractivity contribution in [1.29, 1.82) is 0 Å². The van der Waals surface area contributed by atoms with E-state index in [4.69, 9.17) is 0 Å². The van der Waals surface area contributed by atoms with Gasteiger partial charge in [0.25, 0.3) is 0 Å². The molecule has 4 aromatic heterocycles. The van der Waals surface area contributed by atoms with E-state index in [0.29, 0.717) is 0 Å². The summed E-state index contributed by atoms with van der Waals surface area (Å²) < 4.78 is 3.63. The summed E-state index contributed by atoms with van der Waals surface area (Å²) in [5.74, 6) is 1.51. The lowest BCUT2D eigenvalue weighted by Gasteiger charge is -2.07. The molecule has 0 aliphatic heterocycles. The molecule has 120 valence electrons. The Bertz CT molecular complexity index is 914. The molecular weight excluding hydrogens is 304 g/mol. The standard InChI is InChI=1S/C16H16N8/c1-2-6-17-14(5-1)24-16-13(11-22-24)15(19-12-20-16)18-7-3-9-23-10-4-8-21-23/h1-2,4-6,8,10-12H,3,7,9H2,(H,18,19,20). The zero-order valence-electron chi connectivity index (χ0n) is 12.9. The van der Waals surface area contributed by atoms with Crippen LogP contribution in [0.25, 0.3) is 16.9 Å². The molecule has 0 spiro atoms. The van der Waals surface area contributed by atoms with Gasteiger partial charge in [0.15, 0.2) is 11.5 Å². The van der Waals surface area contributed by atoms with Crippen molar-refractivity contribution in [2.45, 2.75) is 13.0 Å². The van der Waals surface area contributed by atoms with Crippen molar-refractivity contribution in [2.75, 3.05) is 11.9 Å². The van der Waals surface area contributed by atoms with Gasteiger partial charge in [0.1, 0.15) is 12.1 Å². The first-order valence-corrected chi connectivity index (χ1v) is 7.73. The lowest BCUT2D eigenvalue weighted by atomic mass is 10.3. The average molecular weight is 320 g/mol. The van der Waals surface area contributed by atoms with Crippen LogP contribution in [0.4, 0.5) is 5.82 Å². The first-order valence-electron chi connectivity index (χ1n) is 7.73. The molecule has 8 nitrogen and oxygen atoms in total. The molecule has 1 N–H and O–H groups in total. The molecular formula is C16H16N8. The van der Waals surface area contributed by atoms with Crippen molar-refractivity contribution in [3.8, 4) is 5.82 Å². The summed E-state index contributed by atoms with van der Waals surface area (Å²) in [5.41, 5.74) is 0.735. The highest BCUT2D eigenvalue weighted by molar-refractivity contribution is 5.86. The Morgan fingerprint density at radius 1 is 1.00 bits per heavy atom. The molecule has 0 aliphatic carbocycles. The molecule has 4 rings (SSSR count). The van der Waals surface area contributed by atoms with Gasteiger partial charge in [0.05, 0.1) is 11.6 Å². The molecule has 0 radical (unpaired) electrons. The highest BCUT2D eigenvalue weighted by Gasteiger charge is 2.11. The van der Waals surface area contributed by atoms with Crippen LogP contribution in [0.5, 0.6) is 0 Å². The highest BCUT2D eigenvalue weighted by atomic mass is 15.3. The van der Waals surface area contributed by atoms with Crippen molar-refractivity contribution in [3.63, 3.8) is 0 Å². The number of hydrogen-bond acceptors (Lipinski definition) is 6. The van der Waals surface area contributed by atoms with Crippen molar-refractivity contribution >= 4 is 16.9 Å². The van der Waals surface area contributed by atoms with Gasteiger partial charge in [-0.1, -0.05) is 6.07 Å². The van der Waals surface area contributed by atoms with Gasteiger partial charge in [0, 0.05) is 31.7 Å². The number of anilines is 1. The van der Waals surface area contributed by atoms with Crippen molar-refractivity contribution in [1.82, 2.24) is 34.5 Å². The van der Waals surface area contributed by atoms with Crippen molar-refractivity contribution in [2.24, 2.45) is 0 Å². The summed E-state index contributed by atoms with van der Waals surface area (Å²) in [6, 6.07) is 7.61. The van der Waals surface area contributed by atoms with E-state index in [9.17, 15) is 0 Å². The second-order valence-corrected chi connectivity index (χ2v) is 5.25. The first kappa shape index (κ1) is 14.3. The van der Waals surface area contributed by atoms with Gasteiger partial charge in [-0.25, -0.2) is 15.0 Å².